The van der Waals surface area contributed by atoms with Crippen LogP contribution < -0.4 is 5.32 Å². The van der Waals surface area contributed by atoms with Gasteiger partial charge in [-0.25, -0.2) is 0 Å². The lowest BCUT2D eigenvalue weighted by Gasteiger charge is -2.04. The molecule has 2 aromatic carbocycles. The highest BCUT2D eigenvalue weighted by Gasteiger charge is 2.17. The number of rotatable bonds is 6. The summed E-state index contributed by atoms with van der Waals surface area (Å²) in [5.74, 6) is 0.349. The summed E-state index contributed by atoms with van der Waals surface area (Å²) in [5, 5.41) is 12.0. The first kappa shape index (κ1) is 17.0. The smallest absolute Gasteiger partial charge is 0.272 e. The molecule has 0 unspecified atom stereocenters. The predicted molar refractivity (Wildman–Crippen MR) is 100 cm³/mol. The van der Waals surface area contributed by atoms with E-state index < -0.39 is 0 Å². The zero-order valence-corrected chi connectivity index (χ0v) is 14.9. The number of nitrogens with zero attached hydrogens (tertiary/aromatic N) is 4. The Bertz CT molecular complexity index is 1050. The Balaban J connectivity index is 1.55. The highest BCUT2D eigenvalue weighted by molar-refractivity contribution is 6.04. The summed E-state index contributed by atoms with van der Waals surface area (Å²) in [7, 11) is 0. The molecule has 0 aliphatic heterocycles. The fourth-order valence-corrected chi connectivity index (χ4v) is 2.96. The molecule has 7 nitrogen and oxygen atoms in total. The van der Waals surface area contributed by atoms with E-state index in [1.165, 1.54) is 12.0 Å². The minimum absolute atomic E-state index is 0.211. The first-order valence-electron chi connectivity index (χ1n) is 8.75. The number of carbonyl (C=O) groups is 1. The van der Waals surface area contributed by atoms with Crippen molar-refractivity contribution in [1.29, 1.82) is 0 Å². The van der Waals surface area contributed by atoms with Gasteiger partial charge in [-0.15, -0.1) is 0 Å². The lowest BCUT2D eigenvalue weighted by molar-refractivity contribution is 0.0949. The third-order valence-electron chi connectivity index (χ3n) is 4.37. The third kappa shape index (κ3) is 3.72. The van der Waals surface area contributed by atoms with Crippen molar-refractivity contribution in [2.75, 3.05) is 6.54 Å². The van der Waals surface area contributed by atoms with Crippen LogP contribution in [0.1, 0.15) is 27.4 Å². The van der Waals surface area contributed by atoms with Gasteiger partial charge in [0.1, 0.15) is 0 Å². The monoisotopic (exact) mass is 361 g/mol. The van der Waals surface area contributed by atoms with Gasteiger partial charge in [0.15, 0.2) is 11.5 Å². The second-order valence-corrected chi connectivity index (χ2v) is 6.36. The molecule has 0 aliphatic carbocycles. The largest absolute Gasteiger partial charge is 0.350 e. The number of aryl methyl sites for hydroxylation is 1. The van der Waals surface area contributed by atoms with Gasteiger partial charge in [0, 0.05) is 18.4 Å². The number of hydrogen-bond acceptors (Lipinski definition) is 5. The maximum atomic E-state index is 12.6. The number of aromatic nitrogens is 4. The third-order valence-corrected chi connectivity index (χ3v) is 4.37. The molecule has 0 fully saturated rings. The van der Waals surface area contributed by atoms with E-state index in [4.69, 9.17) is 4.52 Å². The average molecular weight is 361 g/mol. The zero-order chi connectivity index (χ0) is 18.6. The summed E-state index contributed by atoms with van der Waals surface area (Å²) in [6.45, 7) is 3.08. The minimum atomic E-state index is -0.211. The van der Waals surface area contributed by atoms with Crippen LogP contribution in [0.3, 0.4) is 0 Å². The van der Waals surface area contributed by atoms with Gasteiger partial charge < -0.3 is 9.84 Å². The van der Waals surface area contributed by atoms with Crippen molar-refractivity contribution in [2.45, 2.75) is 19.9 Å². The van der Waals surface area contributed by atoms with E-state index in [9.17, 15) is 4.79 Å². The van der Waals surface area contributed by atoms with E-state index in [2.05, 4.69) is 51.7 Å². The Morgan fingerprint density at radius 1 is 1.15 bits per heavy atom. The first-order chi connectivity index (χ1) is 13.2. The van der Waals surface area contributed by atoms with Crippen molar-refractivity contribution in [3.05, 3.63) is 77.6 Å². The van der Waals surface area contributed by atoms with Gasteiger partial charge in [0.2, 0.25) is 6.39 Å². The minimum Gasteiger partial charge on any atom is -0.350 e. The highest BCUT2D eigenvalue weighted by atomic mass is 16.5. The molecule has 7 heteroatoms. The second kappa shape index (κ2) is 7.41. The van der Waals surface area contributed by atoms with Gasteiger partial charge >= 0.3 is 0 Å². The predicted octanol–water partition coefficient (Wildman–Crippen LogP) is 2.75. The Morgan fingerprint density at radius 3 is 2.74 bits per heavy atom. The Hall–Kier alpha value is -3.48. The molecule has 0 radical (unpaired) electrons. The molecule has 27 heavy (non-hydrogen) atoms. The van der Waals surface area contributed by atoms with E-state index in [0.29, 0.717) is 31.0 Å². The number of benzene rings is 2. The lowest BCUT2D eigenvalue weighted by atomic mass is 10.1. The van der Waals surface area contributed by atoms with Crippen molar-refractivity contribution < 1.29 is 9.32 Å². The SMILES string of the molecule is Cc1ccc(Cn2nc(C(=O)NCCc3ncon3)c3ccccc32)cc1. The van der Waals surface area contributed by atoms with Crippen LogP contribution in [0.2, 0.25) is 0 Å². The van der Waals surface area contributed by atoms with E-state index in [-0.39, 0.29) is 5.91 Å². The van der Waals surface area contributed by atoms with Crippen LogP contribution in [0.5, 0.6) is 0 Å². The van der Waals surface area contributed by atoms with E-state index in [0.717, 1.165) is 16.5 Å². The molecule has 2 aromatic heterocycles. The summed E-state index contributed by atoms with van der Waals surface area (Å²) in [6.07, 6.45) is 1.78. The van der Waals surface area contributed by atoms with Crippen LogP contribution >= 0.6 is 0 Å². The maximum absolute atomic E-state index is 12.6. The summed E-state index contributed by atoms with van der Waals surface area (Å²) >= 11 is 0. The van der Waals surface area contributed by atoms with Crippen LogP contribution in [-0.4, -0.2) is 32.4 Å². The summed E-state index contributed by atoms with van der Waals surface area (Å²) in [4.78, 5) is 16.6. The van der Waals surface area contributed by atoms with Gasteiger partial charge in [-0.05, 0) is 18.6 Å². The molecule has 4 rings (SSSR count). The number of amides is 1. The van der Waals surface area contributed by atoms with Crippen molar-refractivity contribution in [3.8, 4) is 0 Å². The summed E-state index contributed by atoms with van der Waals surface area (Å²) < 4.78 is 6.56. The van der Waals surface area contributed by atoms with Gasteiger partial charge in [0.05, 0.1) is 12.1 Å². The number of nitrogens with one attached hydrogen (secondary N) is 1. The molecule has 1 N–H and O–H groups in total. The van der Waals surface area contributed by atoms with Crippen LogP contribution in [0.15, 0.2) is 59.4 Å². The van der Waals surface area contributed by atoms with Crippen molar-refractivity contribution in [1.82, 2.24) is 25.2 Å². The molecule has 0 aliphatic rings. The average Bonchev–Trinajstić information content (AvgIpc) is 3.32. The van der Waals surface area contributed by atoms with Gasteiger partial charge in [-0.3, -0.25) is 9.48 Å². The topological polar surface area (TPSA) is 85.8 Å². The molecular weight excluding hydrogens is 342 g/mol. The Kier molecular flexibility index (Phi) is 4.65. The lowest BCUT2D eigenvalue weighted by Crippen LogP contribution is -2.26. The molecule has 0 atom stereocenters. The fourth-order valence-electron chi connectivity index (χ4n) is 2.96. The van der Waals surface area contributed by atoms with E-state index in [1.807, 2.05) is 28.9 Å². The molecule has 2 heterocycles. The summed E-state index contributed by atoms with van der Waals surface area (Å²) in [6, 6.07) is 16.1. The quantitative estimate of drug-likeness (QED) is 0.571. The number of hydrogen-bond donors (Lipinski definition) is 1. The number of para-hydroxylation sites is 1. The normalized spacial score (nSPS) is 11.0. The van der Waals surface area contributed by atoms with Gasteiger partial charge in [-0.1, -0.05) is 53.2 Å². The fraction of sp³-hybridized carbons (Fsp3) is 0.200. The van der Waals surface area contributed by atoms with Crippen molar-refractivity contribution in [2.24, 2.45) is 0 Å². The van der Waals surface area contributed by atoms with E-state index >= 15 is 0 Å². The standard InChI is InChI=1S/C20H19N5O2/c1-14-6-8-15(9-7-14)12-25-17-5-3-2-4-16(17)19(23-25)20(26)21-11-10-18-22-13-27-24-18/h2-9,13H,10-12H2,1H3,(H,21,26). The molecule has 1 amide bonds. The van der Waals surface area contributed by atoms with Crippen LogP contribution in [0.25, 0.3) is 10.9 Å². The number of carbonyl (C=O) groups excluding carboxylic acids is 1. The van der Waals surface area contributed by atoms with Crippen molar-refractivity contribution >= 4 is 16.8 Å². The van der Waals surface area contributed by atoms with Gasteiger partial charge in [0.25, 0.3) is 5.91 Å². The van der Waals surface area contributed by atoms with Gasteiger partial charge in [-0.2, -0.15) is 10.1 Å². The molecule has 136 valence electrons. The molecule has 4 aromatic rings. The van der Waals surface area contributed by atoms with Crippen LogP contribution in [-0.2, 0) is 13.0 Å². The molecular formula is C20H19N5O2. The zero-order valence-electron chi connectivity index (χ0n) is 14.9. The highest BCUT2D eigenvalue weighted by Crippen LogP contribution is 2.20. The van der Waals surface area contributed by atoms with Crippen LogP contribution in [0, 0.1) is 6.92 Å². The Morgan fingerprint density at radius 2 is 1.96 bits per heavy atom. The summed E-state index contributed by atoms with van der Waals surface area (Å²) in [5.41, 5.74) is 3.70. The molecule has 0 saturated carbocycles. The number of fused-ring (bicyclic) bond motifs is 1. The Labute approximate surface area is 156 Å². The van der Waals surface area contributed by atoms with E-state index in [1.54, 1.807) is 0 Å². The molecule has 0 spiro atoms. The maximum Gasteiger partial charge on any atom is 0.272 e. The molecule has 0 bridgehead atoms. The molecule has 0 saturated heterocycles. The second-order valence-electron chi connectivity index (χ2n) is 6.36. The first-order valence-corrected chi connectivity index (χ1v) is 8.75. The van der Waals surface area contributed by atoms with Crippen LogP contribution in [0.4, 0.5) is 0 Å². The van der Waals surface area contributed by atoms with Crippen molar-refractivity contribution in [3.63, 3.8) is 0 Å².